The fourth-order valence-corrected chi connectivity index (χ4v) is 5.31. The number of nitrogens with one attached hydrogen (secondary N) is 4. The summed E-state index contributed by atoms with van der Waals surface area (Å²) in [4.78, 5) is 47.0. The molecule has 3 aromatic rings. The van der Waals surface area contributed by atoms with Crippen molar-refractivity contribution in [3.05, 3.63) is 76.2 Å². The van der Waals surface area contributed by atoms with Gasteiger partial charge in [-0.05, 0) is 49.6 Å². The highest BCUT2D eigenvalue weighted by Gasteiger charge is 2.36. The first kappa shape index (κ1) is 29.5. The summed E-state index contributed by atoms with van der Waals surface area (Å²) in [7, 11) is 1.22. The molecule has 1 aromatic heterocycles. The lowest BCUT2D eigenvalue weighted by molar-refractivity contribution is -0.116. The summed E-state index contributed by atoms with van der Waals surface area (Å²) in [6.07, 6.45) is 3.93. The van der Waals surface area contributed by atoms with E-state index < -0.39 is 35.8 Å². The number of halogens is 3. The molecule has 2 aliphatic rings. The third-order valence-corrected chi connectivity index (χ3v) is 7.52. The second-order valence-corrected chi connectivity index (χ2v) is 10.3. The van der Waals surface area contributed by atoms with Crippen LogP contribution in [-0.4, -0.2) is 46.6 Å². The zero-order chi connectivity index (χ0) is 30.7. The van der Waals surface area contributed by atoms with Gasteiger partial charge in [-0.15, -0.1) is 0 Å². The molecular formula is C29H26ClF2N7O4. The summed E-state index contributed by atoms with van der Waals surface area (Å²) in [6.45, 7) is 0.123. The number of rotatable bonds is 3. The van der Waals surface area contributed by atoms with E-state index in [-0.39, 0.29) is 48.0 Å². The molecule has 4 amide bonds. The average Bonchev–Trinajstić information content (AvgIpc) is 3.41. The topological polar surface area (TPSA) is 152 Å². The van der Waals surface area contributed by atoms with E-state index in [1.54, 1.807) is 18.2 Å². The normalized spacial score (nSPS) is 19.4. The summed E-state index contributed by atoms with van der Waals surface area (Å²) in [6, 6.07) is 6.75. The molecule has 222 valence electrons. The number of amides is 4. The zero-order valence-corrected chi connectivity index (χ0v) is 23.6. The maximum atomic E-state index is 14.7. The first-order chi connectivity index (χ1) is 20.7. The molecule has 2 aromatic carbocycles. The van der Waals surface area contributed by atoms with Crippen LogP contribution in [0.3, 0.4) is 0 Å². The summed E-state index contributed by atoms with van der Waals surface area (Å²) >= 11 is 5.87. The highest BCUT2D eigenvalue weighted by atomic mass is 35.5. The van der Waals surface area contributed by atoms with Gasteiger partial charge in [0.15, 0.2) is 5.69 Å². The van der Waals surface area contributed by atoms with Crippen LogP contribution in [0.4, 0.5) is 29.7 Å². The van der Waals surface area contributed by atoms with E-state index in [0.29, 0.717) is 34.9 Å². The van der Waals surface area contributed by atoms with Gasteiger partial charge in [-0.1, -0.05) is 23.8 Å². The van der Waals surface area contributed by atoms with Crippen molar-refractivity contribution < 1.29 is 27.9 Å². The van der Waals surface area contributed by atoms with Gasteiger partial charge in [0, 0.05) is 29.8 Å². The van der Waals surface area contributed by atoms with Gasteiger partial charge < -0.3 is 25.3 Å². The predicted octanol–water partition coefficient (Wildman–Crippen LogP) is 5.93. The van der Waals surface area contributed by atoms with Gasteiger partial charge in [0.1, 0.15) is 23.5 Å². The molecule has 14 heteroatoms. The molecule has 2 aliphatic heterocycles. The van der Waals surface area contributed by atoms with Gasteiger partial charge in [0.25, 0.3) is 0 Å². The van der Waals surface area contributed by atoms with E-state index in [0.717, 1.165) is 12.1 Å². The van der Waals surface area contributed by atoms with Gasteiger partial charge in [0.2, 0.25) is 5.91 Å². The molecule has 1 fully saturated rings. The van der Waals surface area contributed by atoms with Crippen LogP contribution in [0.2, 0.25) is 5.02 Å². The van der Waals surface area contributed by atoms with Crippen molar-refractivity contribution in [1.29, 1.82) is 5.26 Å². The number of aromatic amines is 1. The number of carbonyl (C=O) groups excluding carboxylic acids is 3. The van der Waals surface area contributed by atoms with Crippen LogP contribution in [0.15, 0.2) is 42.5 Å². The van der Waals surface area contributed by atoms with Crippen molar-refractivity contribution in [1.82, 2.24) is 20.2 Å². The van der Waals surface area contributed by atoms with Gasteiger partial charge in [-0.25, -0.2) is 23.4 Å². The van der Waals surface area contributed by atoms with Crippen molar-refractivity contribution >= 4 is 41.0 Å². The molecule has 0 radical (unpaired) electrons. The Balaban J connectivity index is 1.51. The first-order valence-corrected chi connectivity index (χ1v) is 13.7. The number of hydrogen-bond acceptors (Lipinski definition) is 6. The number of hydrogen-bond donors (Lipinski definition) is 4. The molecule has 2 bridgehead atoms. The van der Waals surface area contributed by atoms with Crippen LogP contribution < -0.4 is 16.0 Å². The number of benzene rings is 2. The average molecular weight is 610 g/mol. The number of methoxy groups -OCH3 is 1. The number of nitrogens with zero attached hydrogens (tertiary/aromatic N) is 3. The number of ether oxygens (including phenoxy) is 1. The molecular weight excluding hydrogens is 584 g/mol. The molecule has 0 unspecified atom stereocenters. The molecule has 4 N–H and O–H groups in total. The Morgan fingerprint density at radius 2 is 2.05 bits per heavy atom. The number of imidazole rings is 1. The largest absolute Gasteiger partial charge is 0.453 e. The van der Waals surface area contributed by atoms with E-state index in [2.05, 4.69) is 36.7 Å². The van der Waals surface area contributed by atoms with Gasteiger partial charge >= 0.3 is 12.1 Å². The Bertz CT molecular complexity index is 1670. The van der Waals surface area contributed by atoms with Crippen molar-refractivity contribution in [3.8, 4) is 17.3 Å². The minimum absolute atomic E-state index is 0.0172. The predicted molar refractivity (Wildman–Crippen MR) is 153 cm³/mol. The van der Waals surface area contributed by atoms with E-state index >= 15 is 0 Å². The Hall–Kier alpha value is -4.96. The van der Waals surface area contributed by atoms with Crippen LogP contribution in [-0.2, 0) is 9.53 Å². The Morgan fingerprint density at radius 1 is 1.23 bits per heavy atom. The van der Waals surface area contributed by atoms with Gasteiger partial charge in [-0.3, -0.25) is 10.1 Å². The summed E-state index contributed by atoms with van der Waals surface area (Å²) in [5.41, 5.74) is 1.10. The summed E-state index contributed by atoms with van der Waals surface area (Å²) < 4.78 is 33.9. The lowest BCUT2D eigenvalue weighted by Crippen LogP contribution is -2.49. The Morgan fingerprint density at radius 3 is 2.79 bits per heavy atom. The number of nitriles is 1. The lowest BCUT2D eigenvalue weighted by Gasteiger charge is -2.37. The van der Waals surface area contributed by atoms with E-state index in [9.17, 15) is 28.4 Å². The van der Waals surface area contributed by atoms with Crippen LogP contribution in [0.1, 0.15) is 54.8 Å². The van der Waals surface area contributed by atoms with Crippen molar-refractivity contribution in [2.24, 2.45) is 0 Å². The monoisotopic (exact) mass is 609 g/mol. The zero-order valence-electron chi connectivity index (χ0n) is 22.8. The summed E-state index contributed by atoms with van der Waals surface area (Å²) in [5.74, 6) is -1.73. The standard InChI is InChI=1S/C29H26ClF2N7O4/c1-43-29(42)34-15-7-8-16-20(13-15)35-23(40)6-4-2-3-5-22(27-36-21(14-33)26(16)38-27)39-12-11-19(37-28(39)41)24-18(31)10-9-17(30)25(24)32/h2-3,7-10,13,19,22H,4-6,11-12H2,1H3,(H,34,42)(H,35,40)(H,36,38)(H,37,41)/b3-2+/t19-,22+/m1/s1. The van der Waals surface area contributed by atoms with E-state index in [1.165, 1.54) is 18.1 Å². The van der Waals surface area contributed by atoms with Crippen LogP contribution in [0.25, 0.3) is 11.3 Å². The number of H-pyrrole nitrogens is 1. The fourth-order valence-electron chi connectivity index (χ4n) is 5.14. The third kappa shape index (κ3) is 6.14. The Labute approximate surface area is 249 Å². The first-order valence-electron chi connectivity index (χ1n) is 13.3. The third-order valence-electron chi connectivity index (χ3n) is 7.22. The van der Waals surface area contributed by atoms with Gasteiger partial charge in [-0.2, -0.15) is 5.26 Å². The number of urea groups is 1. The quantitative estimate of drug-likeness (QED) is 0.213. The molecule has 0 aliphatic carbocycles. The van der Waals surface area contributed by atoms with Crippen molar-refractivity contribution in [3.63, 3.8) is 0 Å². The fraction of sp³-hybridized carbons (Fsp3) is 0.276. The molecule has 11 nitrogen and oxygen atoms in total. The van der Waals surface area contributed by atoms with Gasteiger partial charge in [0.05, 0.1) is 35.6 Å². The molecule has 1 saturated heterocycles. The molecule has 3 heterocycles. The number of anilines is 2. The van der Waals surface area contributed by atoms with E-state index in [1.807, 2.05) is 6.08 Å². The number of carbonyl (C=O) groups is 3. The Kier molecular flexibility index (Phi) is 8.58. The lowest BCUT2D eigenvalue weighted by atomic mass is 9.99. The number of aromatic nitrogens is 2. The maximum Gasteiger partial charge on any atom is 0.411 e. The van der Waals surface area contributed by atoms with Crippen LogP contribution in [0.5, 0.6) is 0 Å². The molecule has 0 spiro atoms. The maximum absolute atomic E-state index is 14.7. The summed E-state index contributed by atoms with van der Waals surface area (Å²) in [5, 5.41) is 17.8. The van der Waals surface area contributed by atoms with E-state index in [4.69, 9.17) is 11.6 Å². The number of allylic oxidation sites excluding steroid dienone is 1. The van der Waals surface area contributed by atoms with Crippen molar-refractivity contribution in [2.45, 2.75) is 37.8 Å². The molecule has 2 atom stereocenters. The highest BCUT2D eigenvalue weighted by molar-refractivity contribution is 6.30. The molecule has 43 heavy (non-hydrogen) atoms. The molecule has 0 saturated carbocycles. The smallest absolute Gasteiger partial charge is 0.411 e. The minimum Gasteiger partial charge on any atom is -0.453 e. The van der Waals surface area contributed by atoms with Crippen LogP contribution in [0, 0.1) is 23.0 Å². The second-order valence-electron chi connectivity index (χ2n) is 9.89. The minimum atomic E-state index is -0.939. The SMILES string of the molecule is COC(=O)Nc1ccc2c(c1)NC(=O)CC/C=C/C[C@H](N1CC[C@H](c3c(F)ccc(Cl)c3F)NC1=O)c1nc(C#N)c-2[nH]1. The highest BCUT2D eigenvalue weighted by Crippen LogP contribution is 2.37. The van der Waals surface area contributed by atoms with Crippen LogP contribution >= 0.6 is 11.6 Å². The number of fused-ring (bicyclic) bond motifs is 4. The molecule has 5 rings (SSSR count). The second kappa shape index (κ2) is 12.5. The van der Waals surface area contributed by atoms with Crippen molar-refractivity contribution in [2.75, 3.05) is 24.3 Å².